The van der Waals surface area contributed by atoms with Gasteiger partial charge in [0.1, 0.15) is 13.2 Å². The number of carbonyl (C=O) groups is 3. The van der Waals surface area contributed by atoms with Gasteiger partial charge in [-0.1, -0.05) is 214 Å². The zero-order valence-electron chi connectivity index (χ0n) is 36.1. The molecule has 0 aromatic heterocycles. The van der Waals surface area contributed by atoms with Crippen LogP contribution in [0, 0.1) is 11.8 Å². The molecule has 0 saturated heterocycles. The maximum Gasteiger partial charge on any atom is 0.306 e. The summed E-state index contributed by atoms with van der Waals surface area (Å²) in [6, 6.07) is 0. The Balaban J connectivity index is 4.33. The molecule has 0 amide bonds. The summed E-state index contributed by atoms with van der Waals surface area (Å²) in [5.41, 5.74) is 0. The molecule has 0 aromatic rings. The molecule has 0 aromatic carbocycles. The molecular formula is C47H90O6. The lowest BCUT2D eigenvalue weighted by molar-refractivity contribution is -0.167. The fourth-order valence-corrected chi connectivity index (χ4v) is 6.90. The fraction of sp³-hybridized carbons (Fsp3) is 0.936. The molecule has 0 aliphatic heterocycles. The molecule has 0 spiro atoms. The summed E-state index contributed by atoms with van der Waals surface area (Å²) < 4.78 is 16.7. The van der Waals surface area contributed by atoms with E-state index in [-0.39, 0.29) is 31.1 Å². The smallest absolute Gasteiger partial charge is 0.306 e. The number of rotatable bonds is 41. The van der Waals surface area contributed by atoms with E-state index < -0.39 is 6.10 Å². The predicted octanol–water partition coefficient (Wildman–Crippen LogP) is 14.6. The molecule has 0 fully saturated rings. The van der Waals surface area contributed by atoms with E-state index in [1.807, 2.05) is 0 Å². The number of ether oxygens (including phenoxy) is 3. The molecule has 53 heavy (non-hydrogen) atoms. The van der Waals surface area contributed by atoms with Crippen molar-refractivity contribution >= 4 is 17.9 Å². The number of carbonyl (C=O) groups excluding carboxylic acids is 3. The molecule has 0 aliphatic carbocycles. The third kappa shape index (κ3) is 39.9. The predicted molar refractivity (Wildman–Crippen MR) is 224 cm³/mol. The van der Waals surface area contributed by atoms with Crippen LogP contribution in [0.15, 0.2) is 0 Å². The highest BCUT2D eigenvalue weighted by atomic mass is 16.6. The molecule has 0 aliphatic rings. The monoisotopic (exact) mass is 751 g/mol. The van der Waals surface area contributed by atoms with Gasteiger partial charge in [0.05, 0.1) is 0 Å². The second-order valence-electron chi connectivity index (χ2n) is 16.8. The van der Waals surface area contributed by atoms with Gasteiger partial charge in [0.15, 0.2) is 6.10 Å². The Kier molecular flexibility index (Phi) is 38.9. The van der Waals surface area contributed by atoms with Gasteiger partial charge < -0.3 is 14.2 Å². The van der Waals surface area contributed by atoms with E-state index in [0.29, 0.717) is 19.3 Å². The topological polar surface area (TPSA) is 78.9 Å². The number of hydrogen-bond donors (Lipinski definition) is 0. The van der Waals surface area contributed by atoms with Gasteiger partial charge in [0.2, 0.25) is 0 Å². The summed E-state index contributed by atoms with van der Waals surface area (Å²) >= 11 is 0. The van der Waals surface area contributed by atoms with Crippen LogP contribution in [0.4, 0.5) is 0 Å². The van der Waals surface area contributed by atoms with E-state index >= 15 is 0 Å². The second kappa shape index (κ2) is 40.1. The van der Waals surface area contributed by atoms with E-state index in [1.165, 1.54) is 141 Å². The van der Waals surface area contributed by atoms with Crippen molar-refractivity contribution in [2.75, 3.05) is 13.2 Å². The molecule has 0 bridgehead atoms. The lowest BCUT2D eigenvalue weighted by atomic mass is 9.99. The van der Waals surface area contributed by atoms with Crippen LogP contribution in [0.2, 0.25) is 0 Å². The molecule has 0 N–H and O–H groups in total. The Morgan fingerprint density at radius 1 is 0.396 bits per heavy atom. The van der Waals surface area contributed by atoms with Crippen LogP contribution in [-0.2, 0) is 28.6 Å². The lowest BCUT2D eigenvalue weighted by Gasteiger charge is -2.18. The van der Waals surface area contributed by atoms with Gasteiger partial charge in [-0.3, -0.25) is 14.4 Å². The largest absolute Gasteiger partial charge is 0.462 e. The normalized spacial score (nSPS) is 12.6. The van der Waals surface area contributed by atoms with Crippen LogP contribution < -0.4 is 0 Å². The third-order valence-corrected chi connectivity index (χ3v) is 10.8. The van der Waals surface area contributed by atoms with Gasteiger partial charge in [-0.2, -0.15) is 0 Å². The highest BCUT2D eigenvalue weighted by molar-refractivity contribution is 5.71. The van der Waals surface area contributed by atoms with Gasteiger partial charge in [-0.05, 0) is 31.1 Å². The molecule has 0 heterocycles. The molecule has 0 radical (unpaired) electrons. The Morgan fingerprint density at radius 2 is 0.717 bits per heavy atom. The van der Waals surface area contributed by atoms with E-state index in [0.717, 1.165) is 69.6 Å². The lowest BCUT2D eigenvalue weighted by Crippen LogP contribution is -2.30. The molecule has 0 saturated carbocycles. The summed E-state index contributed by atoms with van der Waals surface area (Å²) in [5.74, 6) is 0.750. The minimum atomic E-state index is -0.761. The van der Waals surface area contributed by atoms with Gasteiger partial charge in [-0.15, -0.1) is 0 Å². The highest BCUT2D eigenvalue weighted by Gasteiger charge is 2.19. The maximum atomic E-state index is 12.7. The van der Waals surface area contributed by atoms with Crippen molar-refractivity contribution in [3.8, 4) is 0 Å². The van der Waals surface area contributed by atoms with Crippen molar-refractivity contribution in [3.63, 3.8) is 0 Å². The van der Waals surface area contributed by atoms with E-state index in [4.69, 9.17) is 14.2 Å². The maximum absolute atomic E-state index is 12.7. The van der Waals surface area contributed by atoms with E-state index in [2.05, 4.69) is 34.6 Å². The summed E-state index contributed by atoms with van der Waals surface area (Å²) in [6.45, 7) is 11.3. The van der Waals surface area contributed by atoms with Crippen molar-refractivity contribution in [1.82, 2.24) is 0 Å². The average Bonchev–Trinajstić information content (AvgIpc) is 3.14. The Morgan fingerprint density at radius 3 is 1.08 bits per heavy atom. The quantitative estimate of drug-likeness (QED) is 0.0352. The molecule has 1 unspecified atom stereocenters. The summed E-state index contributed by atoms with van der Waals surface area (Å²) in [4.78, 5) is 37.7. The first-order chi connectivity index (χ1) is 25.8. The molecule has 6 nitrogen and oxygen atoms in total. The van der Waals surface area contributed by atoms with Crippen LogP contribution in [0.25, 0.3) is 0 Å². The molecule has 314 valence electrons. The number of hydrogen-bond acceptors (Lipinski definition) is 6. The summed E-state index contributed by atoms with van der Waals surface area (Å²) in [6.07, 6.45) is 38.1. The summed E-state index contributed by atoms with van der Waals surface area (Å²) in [7, 11) is 0. The minimum absolute atomic E-state index is 0.0659. The third-order valence-electron chi connectivity index (χ3n) is 10.8. The summed E-state index contributed by atoms with van der Waals surface area (Å²) in [5, 5.41) is 0. The van der Waals surface area contributed by atoms with Crippen LogP contribution in [0.3, 0.4) is 0 Å². The van der Waals surface area contributed by atoms with Gasteiger partial charge >= 0.3 is 17.9 Å². The molecule has 6 heteroatoms. The van der Waals surface area contributed by atoms with Crippen LogP contribution in [-0.4, -0.2) is 37.2 Å². The van der Waals surface area contributed by atoms with Gasteiger partial charge in [-0.25, -0.2) is 0 Å². The van der Waals surface area contributed by atoms with Crippen molar-refractivity contribution < 1.29 is 28.6 Å². The van der Waals surface area contributed by atoms with Crippen molar-refractivity contribution in [1.29, 1.82) is 0 Å². The SMILES string of the molecule is CCCCCCCCCCCCCCCCC(=O)O[C@@H](COC(=O)CCCCCCCCCCC(C)CC)COC(=O)CCCCCCCCC(C)C. The van der Waals surface area contributed by atoms with Crippen molar-refractivity contribution in [3.05, 3.63) is 0 Å². The van der Waals surface area contributed by atoms with Gasteiger partial charge in [0, 0.05) is 19.3 Å². The Hall–Kier alpha value is -1.59. The first-order valence-electron chi connectivity index (χ1n) is 23.3. The second-order valence-corrected chi connectivity index (χ2v) is 16.8. The zero-order valence-corrected chi connectivity index (χ0v) is 36.1. The average molecular weight is 751 g/mol. The highest BCUT2D eigenvalue weighted by Crippen LogP contribution is 2.17. The minimum Gasteiger partial charge on any atom is -0.462 e. The number of esters is 3. The van der Waals surface area contributed by atoms with Crippen LogP contribution >= 0.6 is 0 Å². The van der Waals surface area contributed by atoms with Crippen molar-refractivity contribution in [2.45, 2.75) is 259 Å². The molecule has 0 rings (SSSR count). The molecular weight excluding hydrogens is 661 g/mol. The van der Waals surface area contributed by atoms with Gasteiger partial charge in [0.25, 0.3) is 0 Å². The van der Waals surface area contributed by atoms with E-state index in [1.54, 1.807) is 0 Å². The Labute approximate surface area is 329 Å². The zero-order chi connectivity index (χ0) is 39.0. The van der Waals surface area contributed by atoms with E-state index in [9.17, 15) is 14.4 Å². The van der Waals surface area contributed by atoms with Crippen LogP contribution in [0.1, 0.15) is 253 Å². The first kappa shape index (κ1) is 51.4. The van der Waals surface area contributed by atoms with Crippen LogP contribution in [0.5, 0.6) is 0 Å². The standard InChI is InChI=1S/C47H90O6/c1-6-8-9-10-11-12-13-14-15-16-17-22-29-34-39-47(50)53-44(41-52-46(49)38-33-28-24-23-25-30-35-42(3)4)40-51-45(48)37-32-27-21-19-18-20-26-31-36-43(5)7-2/h42-44H,6-41H2,1-5H3/t43?,44-/m0/s1. The fourth-order valence-electron chi connectivity index (χ4n) is 6.90. The number of unbranched alkanes of at least 4 members (excludes halogenated alkanes) is 25. The Bertz CT molecular complexity index is 811. The first-order valence-corrected chi connectivity index (χ1v) is 23.3. The molecule has 2 atom stereocenters. The van der Waals surface area contributed by atoms with Crippen molar-refractivity contribution in [2.24, 2.45) is 11.8 Å².